The summed E-state index contributed by atoms with van der Waals surface area (Å²) >= 11 is 6.03. The van der Waals surface area contributed by atoms with Gasteiger partial charge in [0.2, 0.25) is 0 Å². The first-order valence-corrected chi connectivity index (χ1v) is 6.49. The molecule has 0 bridgehead atoms. The van der Waals surface area contributed by atoms with Crippen molar-refractivity contribution in [3.05, 3.63) is 52.3 Å². The molecule has 0 amide bonds. The third-order valence-electron chi connectivity index (χ3n) is 3.13. The van der Waals surface area contributed by atoms with Gasteiger partial charge in [0.15, 0.2) is 0 Å². The van der Waals surface area contributed by atoms with Gasteiger partial charge in [-0.25, -0.2) is 0 Å². The van der Waals surface area contributed by atoms with Gasteiger partial charge in [-0.05, 0) is 38.1 Å². The summed E-state index contributed by atoms with van der Waals surface area (Å²) in [7, 11) is 1.97. The average Bonchev–Trinajstić information content (AvgIpc) is 2.70. The molecule has 0 fully saturated rings. The van der Waals surface area contributed by atoms with Crippen LogP contribution in [-0.2, 0) is 13.0 Å². The molecule has 1 aromatic heterocycles. The lowest BCUT2D eigenvalue weighted by Crippen LogP contribution is -2.13. The van der Waals surface area contributed by atoms with Crippen LogP contribution in [0.1, 0.15) is 16.8 Å². The molecule has 0 saturated carbocycles. The van der Waals surface area contributed by atoms with Crippen molar-refractivity contribution in [3.63, 3.8) is 0 Å². The summed E-state index contributed by atoms with van der Waals surface area (Å²) in [4.78, 5) is 0. The average molecular weight is 264 g/mol. The topological polar surface area (TPSA) is 29.9 Å². The van der Waals surface area contributed by atoms with Gasteiger partial charge in [-0.1, -0.05) is 35.9 Å². The van der Waals surface area contributed by atoms with Gasteiger partial charge >= 0.3 is 0 Å². The second-order valence-electron chi connectivity index (χ2n) is 4.36. The van der Waals surface area contributed by atoms with E-state index in [0.717, 1.165) is 30.2 Å². The molecule has 1 aromatic carbocycles. The third-order valence-corrected chi connectivity index (χ3v) is 3.50. The van der Waals surface area contributed by atoms with Crippen molar-refractivity contribution < 1.29 is 0 Å². The van der Waals surface area contributed by atoms with Crippen LogP contribution in [0.5, 0.6) is 0 Å². The van der Waals surface area contributed by atoms with Gasteiger partial charge in [-0.3, -0.25) is 4.68 Å². The van der Waals surface area contributed by atoms with Crippen LogP contribution in [0.4, 0.5) is 0 Å². The van der Waals surface area contributed by atoms with Gasteiger partial charge in [-0.15, -0.1) is 0 Å². The molecule has 0 aliphatic rings. The van der Waals surface area contributed by atoms with Crippen molar-refractivity contribution in [2.45, 2.75) is 19.9 Å². The van der Waals surface area contributed by atoms with Crippen LogP contribution in [0, 0.1) is 6.92 Å². The van der Waals surface area contributed by atoms with Gasteiger partial charge in [0.05, 0.1) is 23.5 Å². The number of hydrogen-bond acceptors (Lipinski definition) is 2. The maximum atomic E-state index is 6.03. The lowest BCUT2D eigenvalue weighted by atomic mass is 10.0. The molecule has 0 unspecified atom stereocenters. The molecule has 2 aromatic rings. The Hall–Kier alpha value is -1.32. The molecular formula is C14H18ClN3. The molecule has 0 spiro atoms. The van der Waals surface area contributed by atoms with Crippen LogP contribution in [0.3, 0.4) is 0 Å². The number of aromatic nitrogens is 2. The Kier molecular flexibility index (Phi) is 4.39. The lowest BCUT2D eigenvalue weighted by molar-refractivity contribution is 0.657. The first kappa shape index (κ1) is 13.1. The fourth-order valence-corrected chi connectivity index (χ4v) is 2.10. The molecule has 1 heterocycles. The predicted octanol–water partition coefficient (Wildman–Crippen LogP) is 2.66. The number of hydrogen-bond donors (Lipinski definition) is 1. The van der Waals surface area contributed by atoms with Gasteiger partial charge in [0.1, 0.15) is 0 Å². The van der Waals surface area contributed by atoms with Crippen molar-refractivity contribution in [2.24, 2.45) is 0 Å². The van der Waals surface area contributed by atoms with E-state index in [0.29, 0.717) is 0 Å². The normalized spacial score (nSPS) is 10.8. The number of nitrogens with one attached hydrogen (secondary N) is 1. The molecule has 3 nitrogen and oxygen atoms in total. The molecule has 96 valence electrons. The summed E-state index contributed by atoms with van der Waals surface area (Å²) < 4.78 is 1.94. The van der Waals surface area contributed by atoms with Crippen molar-refractivity contribution in [3.8, 4) is 0 Å². The minimum atomic E-state index is 0.725. The van der Waals surface area contributed by atoms with E-state index in [1.807, 2.05) is 18.7 Å². The maximum absolute atomic E-state index is 6.03. The molecule has 0 aliphatic heterocycles. The van der Waals surface area contributed by atoms with E-state index in [2.05, 4.69) is 34.7 Å². The van der Waals surface area contributed by atoms with Crippen molar-refractivity contribution in [1.82, 2.24) is 15.1 Å². The smallest absolute Gasteiger partial charge is 0.0815 e. The molecule has 2 rings (SSSR count). The highest BCUT2D eigenvalue weighted by atomic mass is 35.5. The Bertz CT molecular complexity index is 520. The Morgan fingerprint density at radius 1 is 1.28 bits per heavy atom. The van der Waals surface area contributed by atoms with Gasteiger partial charge in [0, 0.05) is 0 Å². The van der Waals surface area contributed by atoms with E-state index in [4.69, 9.17) is 11.6 Å². The Balaban J connectivity index is 2.20. The van der Waals surface area contributed by atoms with Crippen molar-refractivity contribution >= 4 is 11.6 Å². The molecule has 0 radical (unpaired) electrons. The zero-order valence-corrected chi connectivity index (χ0v) is 11.5. The zero-order valence-electron chi connectivity index (χ0n) is 10.8. The van der Waals surface area contributed by atoms with Crippen molar-refractivity contribution in [1.29, 1.82) is 0 Å². The van der Waals surface area contributed by atoms with E-state index in [1.165, 1.54) is 11.1 Å². The van der Waals surface area contributed by atoms with Crippen LogP contribution in [0.15, 0.2) is 30.5 Å². The fraction of sp³-hybridized carbons (Fsp3) is 0.357. The molecule has 4 heteroatoms. The monoisotopic (exact) mass is 263 g/mol. The highest BCUT2D eigenvalue weighted by molar-refractivity contribution is 6.31. The Labute approximate surface area is 113 Å². The van der Waals surface area contributed by atoms with E-state index in [9.17, 15) is 0 Å². The molecule has 0 aliphatic carbocycles. The number of rotatable bonds is 5. The third kappa shape index (κ3) is 2.92. The molecule has 18 heavy (non-hydrogen) atoms. The van der Waals surface area contributed by atoms with Gasteiger partial charge in [0.25, 0.3) is 0 Å². The van der Waals surface area contributed by atoms with Crippen LogP contribution in [0.25, 0.3) is 0 Å². The molecule has 0 atom stereocenters. The zero-order chi connectivity index (χ0) is 13.0. The number of halogens is 1. The minimum absolute atomic E-state index is 0.725. The first-order chi connectivity index (χ1) is 8.72. The number of likely N-dealkylation sites (N-methyl/N-ethyl adjacent to an activating group) is 1. The van der Waals surface area contributed by atoms with E-state index in [1.54, 1.807) is 6.20 Å². The predicted molar refractivity (Wildman–Crippen MR) is 75.1 cm³/mol. The quantitative estimate of drug-likeness (QED) is 0.899. The standard InChI is InChI=1S/C14H18ClN3/c1-11-14(15)9-17-18(11)10-13-6-4-3-5-12(13)7-8-16-2/h3-6,9,16H,7-8,10H2,1-2H3. The second kappa shape index (κ2) is 6.03. The minimum Gasteiger partial charge on any atom is -0.319 e. The summed E-state index contributed by atoms with van der Waals surface area (Å²) in [5, 5.41) is 8.21. The summed E-state index contributed by atoms with van der Waals surface area (Å²) in [6.07, 6.45) is 2.73. The highest BCUT2D eigenvalue weighted by Crippen LogP contribution is 2.17. The fourth-order valence-electron chi connectivity index (χ4n) is 1.96. The van der Waals surface area contributed by atoms with E-state index < -0.39 is 0 Å². The number of nitrogens with zero attached hydrogens (tertiary/aromatic N) is 2. The first-order valence-electron chi connectivity index (χ1n) is 6.11. The van der Waals surface area contributed by atoms with Crippen LogP contribution < -0.4 is 5.32 Å². The second-order valence-corrected chi connectivity index (χ2v) is 4.77. The highest BCUT2D eigenvalue weighted by Gasteiger charge is 2.07. The Morgan fingerprint density at radius 2 is 2.00 bits per heavy atom. The van der Waals surface area contributed by atoms with Crippen LogP contribution >= 0.6 is 11.6 Å². The Morgan fingerprint density at radius 3 is 2.61 bits per heavy atom. The van der Waals surface area contributed by atoms with E-state index in [-0.39, 0.29) is 0 Å². The van der Waals surface area contributed by atoms with Crippen LogP contribution in [-0.4, -0.2) is 23.4 Å². The van der Waals surface area contributed by atoms with Crippen molar-refractivity contribution in [2.75, 3.05) is 13.6 Å². The summed E-state index contributed by atoms with van der Waals surface area (Å²) in [5.74, 6) is 0. The van der Waals surface area contributed by atoms with Crippen LogP contribution in [0.2, 0.25) is 5.02 Å². The largest absolute Gasteiger partial charge is 0.319 e. The molecule has 1 N–H and O–H groups in total. The summed E-state index contributed by atoms with van der Waals surface area (Å²) in [5.41, 5.74) is 3.67. The van der Waals surface area contributed by atoms with Gasteiger partial charge in [-0.2, -0.15) is 5.10 Å². The lowest BCUT2D eigenvalue weighted by Gasteiger charge is -2.10. The SMILES string of the molecule is CNCCc1ccccc1Cn1ncc(Cl)c1C. The summed E-state index contributed by atoms with van der Waals surface area (Å²) in [6.45, 7) is 3.75. The summed E-state index contributed by atoms with van der Waals surface area (Å²) in [6, 6.07) is 8.48. The maximum Gasteiger partial charge on any atom is 0.0815 e. The van der Waals surface area contributed by atoms with E-state index >= 15 is 0 Å². The number of benzene rings is 1. The molecular weight excluding hydrogens is 246 g/mol. The van der Waals surface area contributed by atoms with Gasteiger partial charge < -0.3 is 5.32 Å². The molecule has 0 saturated heterocycles.